The van der Waals surface area contributed by atoms with Crippen molar-refractivity contribution in [2.45, 2.75) is 13.0 Å². The molecule has 1 fully saturated rings. The molecule has 0 unspecified atom stereocenters. The summed E-state index contributed by atoms with van der Waals surface area (Å²) in [5.74, 6) is 0.821. The Morgan fingerprint density at radius 1 is 1.27 bits per heavy atom. The number of sulfonamides is 1. The smallest absolute Gasteiger partial charge is 0.211 e. The molecule has 118 valence electrons. The summed E-state index contributed by atoms with van der Waals surface area (Å²) in [6.07, 6.45) is 3.07. The zero-order valence-electron chi connectivity index (χ0n) is 12.5. The van der Waals surface area contributed by atoms with Crippen LogP contribution in [0.1, 0.15) is 13.0 Å². The molecule has 1 aliphatic heterocycles. The van der Waals surface area contributed by atoms with Crippen molar-refractivity contribution in [3.05, 3.63) is 30.5 Å². The molecule has 22 heavy (non-hydrogen) atoms. The largest absolute Gasteiger partial charge is 0.494 e. The summed E-state index contributed by atoms with van der Waals surface area (Å²) in [5, 5.41) is 8.26. The summed E-state index contributed by atoms with van der Waals surface area (Å²) in [4.78, 5) is 0. The molecule has 0 radical (unpaired) electrons. The lowest BCUT2D eigenvalue weighted by molar-refractivity contribution is 0.190. The van der Waals surface area contributed by atoms with E-state index in [0.29, 0.717) is 19.7 Å². The van der Waals surface area contributed by atoms with Gasteiger partial charge in [-0.15, -0.1) is 5.10 Å². The molecular formula is C14H18N4O3S. The normalized spacial score (nSPS) is 16.5. The van der Waals surface area contributed by atoms with E-state index in [9.17, 15) is 8.42 Å². The van der Waals surface area contributed by atoms with Crippen LogP contribution in [0.15, 0.2) is 30.5 Å². The molecule has 0 bridgehead atoms. The first kappa shape index (κ1) is 15.0. The third kappa shape index (κ3) is 2.97. The average molecular weight is 322 g/mol. The first-order chi connectivity index (χ1) is 10.5. The Hall–Kier alpha value is -1.93. The fraction of sp³-hybridized carbons (Fsp3) is 0.429. The van der Waals surface area contributed by atoms with Crippen molar-refractivity contribution in [2.75, 3.05) is 26.0 Å². The van der Waals surface area contributed by atoms with E-state index in [1.165, 1.54) is 10.6 Å². The third-order valence-corrected chi connectivity index (χ3v) is 4.88. The molecule has 0 amide bonds. The van der Waals surface area contributed by atoms with Crippen LogP contribution in [-0.4, -0.2) is 53.7 Å². The lowest BCUT2D eigenvalue weighted by Gasteiger charge is -2.36. The van der Waals surface area contributed by atoms with E-state index < -0.39 is 10.0 Å². The van der Waals surface area contributed by atoms with Crippen molar-refractivity contribution in [1.82, 2.24) is 19.3 Å². The summed E-state index contributed by atoms with van der Waals surface area (Å²) in [6, 6.07) is 7.71. The third-order valence-electron chi connectivity index (χ3n) is 3.64. The van der Waals surface area contributed by atoms with Gasteiger partial charge in [-0.1, -0.05) is 5.21 Å². The highest BCUT2D eigenvalue weighted by Crippen LogP contribution is 2.25. The molecule has 8 heteroatoms. The topological polar surface area (TPSA) is 77.3 Å². The molecule has 1 aliphatic rings. The van der Waals surface area contributed by atoms with Crippen LogP contribution in [0.4, 0.5) is 0 Å². The Labute approximate surface area is 129 Å². The monoisotopic (exact) mass is 322 g/mol. The number of aromatic nitrogens is 3. The molecular weight excluding hydrogens is 304 g/mol. The Balaban J connectivity index is 1.69. The van der Waals surface area contributed by atoms with Crippen molar-refractivity contribution in [2.24, 2.45) is 0 Å². The Morgan fingerprint density at radius 3 is 2.55 bits per heavy atom. The minimum atomic E-state index is -3.10. The number of ether oxygens (including phenoxy) is 1. The van der Waals surface area contributed by atoms with Gasteiger partial charge in [0.2, 0.25) is 10.0 Å². The van der Waals surface area contributed by atoms with Crippen LogP contribution in [0.3, 0.4) is 0 Å². The second-order valence-electron chi connectivity index (χ2n) is 5.27. The van der Waals surface area contributed by atoms with E-state index in [1.807, 2.05) is 37.4 Å². The van der Waals surface area contributed by atoms with Crippen molar-refractivity contribution in [3.8, 4) is 17.0 Å². The zero-order chi connectivity index (χ0) is 15.7. The standard InChI is InChI=1S/C14H18N4O3S/c1-3-21-13-6-4-11(5-7-13)14-10-18(16-15-14)12-8-17(9-12)22(2,19)20/h4-7,10,12H,3,8-9H2,1-2H3. The van der Waals surface area contributed by atoms with E-state index in [2.05, 4.69) is 10.3 Å². The molecule has 2 aromatic rings. The van der Waals surface area contributed by atoms with Gasteiger partial charge in [-0.2, -0.15) is 4.31 Å². The summed E-state index contributed by atoms with van der Waals surface area (Å²) >= 11 is 0. The maximum absolute atomic E-state index is 11.4. The van der Waals surface area contributed by atoms with Gasteiger partial charge in [-0.3, -0.25) is 0 Å². The van der Waals surface area contributed by atoms with Gasteiger partial charge in [0.05, 0.1) is 25.1 Å². The van der Waals surface area contributed by atoms with Gasteiger partial charge in [0.1, 0.15) is 11.4 Å². The highest BCUT2D eigenvalue weighted by molar-refractivity contribution is 7.88. The van der Waals surface area contributed by atoms with Gasteiger partial charge >= 0.3 is 0 Å². The van der Waals surface area contributed by atoms with Crippen molar-refractivity contribution in [3.63, 3.8) is 0 Å². The van der Waals surface area contributed by atoms with Crippen LogP contribution in [0.2, 0.25) is 0 Å². The fourth-order valence-electron chi connectivity index (χ4n) is 2.33. The predicted molar refractivity (Wildman–Crippen MR) is 82.1 cm³/mol. The quantitative estimate of drug-likeness (QED) is 0.825. The maximum atomic E-state index is 11.4. The minimum Gasteiger partial charge on any atom is -0.494 e. The van der Waals surface area contributed by atoms with E-state index in [-0.39, 0.29) is 6.04 Å². The van der Waals surface area contributed by atoms with Crippen LogP contribution < -0.4 is 4.74 Å². The Kier molecular flexibility index (Phi) is 3.88. The number of nitrogens with zero attached hydrogens (tertiary/aromatic N) is 4. The van der Waals surface area contributed by atoms with Gasteiger partial charge in [-0.05, 0) is 31.2 Å². The molecule has 1 aromatic carbocycles. The van der Waals surface area contributed by atoms with Crippen LogP contribution in [0, 0.1) is 0 Å². The molecule has 7 nitrogen and oxygen atoms in total. The molecule has 0 N–H and O–H groups in total. The highest BCUT2D eigenvalue weighted by atomic mass is 32.2. The maximum Gasteiger partial charge on any atom is 0.211 e. The number of rotatable bonds is 5. The zero-order valence-corrected chi connectivity index (χ0v) is 13.3. The highest BCUT2D eigenvalue weighted by Gasteiger charge is 2.35. The van der Waals surface area contributed by atoms with Gasteiger partial charge in [-0.25, -0.2) is 13.1 Å². The summed E-state index contributed by atoms with van der Waals surface area (Å²) in [6.45, 7) is 3.47. The number of hydrogen-bond donors (Lipinski definition) is 0. The fourth-order valence-corrected chi connectivity index (χ4v) is 3.22. The molecule has 1 aromatic heterocycles. The summed E-state index contributed by atoms with van der Waals surface area (Å²) < 4.78 is 31.3. The molecule has 2 heterocycles. The second-order valence-corrected chi connectivity index (χ2v) is 7.26. The molecule has 0 saturated carbocycles. The minimum absolute atomic E-state index is 0.0543. The van der Waals surface area contributed by atoms with Gasteiger partial charge in [0.15, 0.2) is 0 Å². The van der Waals surface area contributed by atoms with Gasteiger partial charge in [0.25, 0.3) is 0 Å². The molecule has 0 aliphatic carbocycles. The van der Waals surface area contributed by atoms with Gasteiger partial charge in [0, 0.05) is 18.7 Å². The van der Waals surface area contributed by atoms with Crippen molar-refractivity contribution >= 4 is 10.0 Å². The Bertz CT molecular complexity index is 749. The Morgan fingerprint density at radius 2 is 1.95 bits per heavy atom. The number of hydrogen-bond acceptors (Lipinski definition) is 5. The second kappa shape index (κ2) is 5.69. The SMILES string of the molecule is CCOc1ccc(-c2cn(C3CN(S(C)(=O)=O)C3)nn2)cc1. The predicted octanol–water partition coefficient (Wildman–Crippen LogP) is 1.16. The molecule has 1 saturated heterocycles. The van der Waals surface area contributed by atoms with E-state index >= 15 is 0 Å². The lowest BCUT2D eigenvalue weighted by Crippen LogP contribution is -2.50. The van der Waals surface area contributed by atoms with Gasteiger partial charge < -0.3 is 4.74 Å². The van der Waals surface area contributed by atoms with Crippen LogP contribution in [0.25, 0.3) is 11.3 Å². The van der Waals surface area contributed by atoms with E-state index in [0.717, 1.165) is 17.0 Å². The van der Waals surface area contributed by atoms with E-state index in [4.69, 9.17) is 4.74 Å². The summed E-state index contributed by atoms with van der Waals surface area (Å²) in [7, 11) is -3.10. The van der Waals surface area contributed by atoms with E-state index in [1.54, 1.807) is 4.68 Å². The lowest BCUT2D eigenvalue weighted by atomic mass is 10.1. The molecule has 0 spiro atoms. The van der Waals surface area contributed by atoms with Crippen LogP contribution >= 0.6 is 0 Å². The first-order valence-electron chi connectivity index (χ1n) is 7.07. The molecule has 3 rings (SSSR count). The van der Waals surface area contributed by atoms with Crippen LogP contribution in [0.5, 0.6) is 5.75 Å². The van der Waals surface area contributed by atoms with Crippen molar-refractivity contribution in [1.29, 1.82) is 0 Å². The first-order valence-corrected chi connectivity index (χ1v) is 8.92. The number of benzene rings is 1. The molecule has 0 atom stereocenters. The van der Waals surface area contributed by atoms with Crippen LogP contribution in [-0.2, 0) is 10.0 Å². The summed E-state index contributed by atoms with van der Waals surface area (Å²) in [5.41, 5.74) is 1.72. The van der Waals surface area contributed by atoms with Crippen molar-refractivity contribution < 1.29 is 13.2 Å². The average Bonchev–Trinajstić information content (AvgIpc) is 2.86.